The summed E-state index contributed by atoms with van der Waals surface area (Å²) in [4.78, 5) is 38.3. The van der Waals surface area contributed by atoms with Crippen molar-refractivity contribution < 1.29 is 28.6 Å². The van der Waals surface area contributed by atoms with Crippen molar-refractivity contribution in [1.82, 2.24) is 4.90 Å². The SMILES string of the molecule is COc1ccc(/C=C2/SC(=O)N(CC(=O)Nc3ccc4c(c3)OCO4)C2=O)cc1. The van der Waals surface area contributed by atoms with Crippen LogP contribution in [0.2, 0.25) is 0 Å². The number of anilines is 1. The van der Waals surface area contributed by atoms with Gasteiger partial charge in [-0.25, -0.2) is 0 Å². The van der Waals surface area contributed by atoms with Gasteiger partial charge in [0.1, 0.15) is 12.3 Å². The quantitative estimate of drug-likeness (QED) is 0.754. The van der Waals surface area contributed by atoms with Crippen LogP contribution in [0.4, 0.5) is 10.5 Å². The second-order valence-electron chi connectivity index (χ2n) is 6.16. The highest BCUT2D eigenvalue weighted by atomic mass is 32.2. The fourth-order valence-electron chi connectivity index (χ4n) is 2.81. The molecule has 0 aliphatic carbocycles. The number of fused-ring (bicyclic) bond motifs is 1. The number of rotatable bonds is 5. The summed E-state index contributed by atoms with van der Waals surface area (Å²) in [5.74, 6) is 0.818. The average Bonchev–Trinajstić information content (AvgIpc) is 3.28. The standard InChI is InChI=1S/C20H16N2O6S/c1-26-14-5-2-12(3-6-14)8-17-19(24)22(20(25)29-17)10-18(23)21-13-4-7-15-16(9-13)28-11-27-15/h2-9H,10-11H2,1H3,(H,21,23)/b17-8+. The van der Waals surface area contributed by atoms with Crippen LogP contribution in [0.15, 0.2) is 47.4 Å². The van der Waals surface area contributed by atoms with Gasteiger partial charge in [0.15, 0.2) is 11.5 Å². The second-order valence-corrected chi connectivity index (χ2v) is 7.15. The summed E-state index contributed by atoms with van der Waals surface area (Å²) in [5, 5.41) is 2.16. The van der Waals surface area contributed by atoms with Crippen molar-refractivity contribution in [3.63, 3.8) is 0 Å². The van der Waals surface area contributed by atoms with Gasteiger partial charge in [-0.05, 0) is 47.7 Å². The molecule has 2 aliphatic rings. The first-order valence-electron chi connectivity index (χ1n) is 8.62. The molecule has 0 atom stereocenters. The van der Waals surface area contributed by atoms with Crippen molar-refractivity contribution in [1.29, 1.82) is 0 Å². The zero-order valence-corrected chi connectivity index (χ0v) is 16.2. The normalized spacial score (nSPS) is 16.4. The third-order valence-electron chi connectivity index (χ3n) is 4.25. The maximum Gasteiger partial charge on any atom is 0.294 e. The molecule has 29 heavy (non-hydrogen) atoms. The molecule has 3 amide bonds. The van der Waals surface area contributed by atoms with Crippen LogP contribution < -0.4 is 19.5 Å². The highest BCUT2D eigenvalue weighted by molar-refractivity contribution is 8.18. The first kappa shape index (κ1) is 18.9. The summed E-state index contributed by atoms with van der Waals surface area (Å²) in [6.45, 7) is -0.247. The number of ether oxygens (including phenoxy) is 3. The molecule has 0 aromatic heterocycles. The monoisotopic (exact) mass is 412 g/mol. The molecule has 2 aromatic rings. The molecule has 1 fully saturated rings. The molecule has 8 nitrogen and oxygen atoms in total. The van der Waals surface area contributed by atoms with E-state index in [9.17, 15) is 14.4 Å². The summed E-state index contributed by atoms with van der Waals surface area (Å²) >= 11 is 0.802. The molecule has 2 aromatic carbocycles. The van der Waals surface area contributed by atoms with Gasteiger partial charge in [0.05, 0.1) is 12.0 Å². The molecule has 1 N–H and O–H groups in total. The van der Waals surface area contributed by atoms with Crippen molar-refractivity contribution in [3.05, 3.63) is 52.9 Å². The number of methoxy groups -OCH3 is 1. The van der Waals surface area contributed by atoms with E-state index in [2.05, 4.69) is 5.32 Å². The average molecular weight is 412 g/mol. The molecule has 2 heterocycles. The molecular weight excluding hydrogens is 396 g/mol. The van der Waals surface area contributed by atoms with Crippen LogP contribution in [0.3, 0.4) is 0 Å². The smallest absolute Gasteiger partial charge is 0.294 e. The Bertz CT molecular complexity index is 1020. The lowest BCUT2D eigenvalue weighted by molar-refractivity contribution is -0.127. The number of nitrogens with one attached hydrogen (secondary N) is 1. The van der Waals surface area contributed by atoms with Crippen LogP contribution in [-0.2, 0) is 9.59 Å². The summed E-state index contributed by atoms with van der Waals surface area (Å²) < 4.78 is 15.6. The van der Waals surface area contributed by atoms with Gasteiger partial charge in [0.25, 0.3) is 11.1 Å². The zero-order chi connectivity index (χ0) is 20.4. The zero-order valence-electron chi connectivity index (χ0n) is 15.3. The van der Waals surface area contributed by atoms with Crippen LogP contribution in [0.5, 0.6) is 17.2 Å². The number of benzene rings is 2. The van der Waals surface area contributed by atoms with Crippen molar-refractivity contribution in [3.8, 4) is 17.2 Å². The van der Waals surface area contributed by atoms with E-state index in [1.807, 2.05) is 0 Å². The van der Waals surface area contributed by atoms with E-state index >= 15 is 0 Å². The highest BCUT2D eigenvalue weighted by Crippen LogP contribution is 2.35. The molecule has 0 unspecified atom stereocenters. The maximum absolute atomic E-state index is 12.6. The summed E-state index contributed by atoms with van der Waals surface area (Å²) in [5.41, 5.74) is 1.24. The lowest BCUT2D eigenvalue weighted by Crippen LogP contribution is -2.36. The van der Waals surface area contributed by atoms with E-state index < -0.39 is 17.1 Å². The molecule has 1 saturated heterocycles. The summed E-state index contributed by atoms with van der Waals surface area (Å²) in [7, 11) is 1.56. The van der Waals surface area contributed by atoms with Gasteiger partial charge < -0.3 is 19.5 Å². The number of nitrogens with zero attached hydrogens (tertiary/aromatic N) is 1. The fourth-order valence-corrected chi connectivity index (χ4v) is 3.64. The predicted octanol–water partition coefficient (Wildman–Crippen LogP) is 3.10. The van der Waals surface area contributed by atoms with Gasteiger partial charge in [-0.1, -0.05) is 12.1 Å². The van der Waals surface area contributed by atoms with Crippen LogP contribution in [0.25, 0.3) is 6.08 Å². The minimum absolute atomic E-state index is 0.129. The van der Waals surface area contributed by atoms with Crippen molar-refractivity contribution >= 4 is 40.6 Å². The Morgan fingerprint density at radius 3 is 2.69 bits per heavy atom. The molecule has 9 heteroatoms. The Balaban J connectivity index is 1.42. The summed E-state index contributed by atoms with van der Waals surface area (Å²) in [6, 6.07) is 12.0. The van der Waals surface area contributed by atoms with Crippen molar-refractivity contribution in [2.75, 3.05) is 25.8 Å². The fraction of sp³-hybridized carbons (Fsp3) is 0.150. The maximum atomic E-state index is 12.6. The van der Waals surface area contributed by atoms with E-state index in [4.69, 9.17) is 14.2 Å². The molecule has 148 valence electrons. The highest BCUT2D eigenvalue weighted by Gasteiger charge is 2.36. The molecule has 2 aliphatic heterocycles. The van der Waals surface area contributed by atoms with Gasteiger partial charge >= 0.3 is 0 Å². The van der Waals surface area contributed by atoms with E-state index in [-0.39, 0.29) is 18.2 Å². The molecule has 0 radical (unpaired) electrons. The minimum Gasteiger partial charge on any atom is -0.497 e. The van der Waals surface area contributed by atoms with E-state index in [0.717, 1.165) is 22.2 Å². The van der Waals surface area contributed by atoms with E-state index in [1.165, 1.54) is 0 Å². The van der Waals surface area contributed by atoms with E-state index in [1.54, 1.807) is 55.7 Å². The first-order chi connectivity index (χ1) is 14.0. The molecule has 0 bridgehead atoms. The number of imide groups is 1. The summed E-state index contributed by atoms with van der Waals surface area (Å²) in [6.07, 6.45) is 1.61. The molecule has 0 spiro atoms. The van der Waals surface area contributed by atoms with Crippen molar-refractivity contribution in [2.24, 2.45) is 0 Å². The van der Waals surface area contributed by atoms with Crippen LogP contribution in [0.1, 0.15) is 5.56 Å². The van der Waals surface area contributed by atoms with Crippen LogP contribution >= 0.6 is 11.8 Å². The molecule has 0 saturated carbocycles. The Hall–Kier alpha value is -3.46. The predicted molar refractivity (Wildman–Crippen MR) is 107 cm³/mol. The van der Waals surface area contributed by atoms with Gasteiger partial charge in [0, 0.05) is 11.8 Å². The number of hydrogen-bond donors (Lipinski definition) is 1. The third-order valence-corrected chi connectivity index (χ3v) is 5.15. The van der Waals surface area contributed by atoms with Crippen LogP contribution in [-0.4, -0.2) is 42.4 Å². The third kappa shape index (κ3) is 4.04. The Kier molecular flexibility index (Phi) is 5.13. The van der Waals surface area contributed by atoms with Gasteiger partial charge in [-0.2, -0.15) is 0 Å². The Morgan fingerprint density at radius 2 is 1.93 bits per heavy atom. The lowest BCUT2D eigenvalue weighted by atomic mass is 10.2. The van der Waals surface area contributed by atoms with Gasteiger partial charge in [-0.15, -0.1) is 0 Å². The van der Waals surface area contributed by atoms with E-state index in [0.29, 0.717) is 22.9 Å². The minimum atomic E-state index is -0.503. The largest absolute Gasteiger partial charge is 0.497 e. The van der Waals surface area contributed by atoms with Gasteiger partial charge in [0.2, 0.25) is 12.7 Å². The van der Waals surface area contributed by atoms with Gasteiger partial charge in [-0.3, -0.25) is 19.3 Å². The molecular formula is C20H16N2O6S. The topological polar surface area (TPSA) is 94.2 Å². The van der Waals surface area contributed by atoms with Crippen LogP contribution in [0, 0.1) is 0 Å². The number of amides is 3. The number of carbonyl (C=O) groups is 3. The first-order valence-corrected chi connectivity index (χ1v) is 9.44. The number of carbonyl (C=O) groups excluding carboxylic acids is 3. The van der Waals surface area contributed by atoms with Crippen molar-refractivity contribution in [2.45, 2.75) is 0 Å². The number of thioether (sulfide) groups is 1. The Morgan fingerprint density at radius 1 is 1.17 bits per heavy atom. The Labute approximate surface area is 170 Å². The number of hydrogen-bond acceptors (Lipinski definition) is 7. The second kappa shape index (κ2) is 7.88. The lowest BCUT2D eigenvalue weighted by Gasteiger charge is -2.12. The molecule has 4 rings (SSSR count).